The zero-order valence-corrected chi connectivity index (χ0v) is 10.2. The molecule has 0 saturated heterocycles. The molecule has 0 saturated carbocycles. The fourth-order valence-corrected chi connectivity index (χ4v) is 3.48. The van der Waals surface area contributed by atoms with Gasteiger partial charge in [0, 0.05) is 6.54 Å². The molecule has 0 bridgehead atoms. The van der Waals surface area contributed by atoms with Crippen molar-refractivity contribution in [3.05, 3.63) is 16.5 Å². The number of rotatable bonds is 6. The van der Waals surface area contributed by atoms with Crippen molar-refractivity contribution in [3.8, 4) is 0 Å². The van der Waals surface area contributed by atoms with Gasteiger partial charge < -0.3 is 4.84 Å². The van der Waals surface area contributed by atoms with Crippen LogP contribution in [-0.2, 0) is 14.9 Å². The van der Waals surface area contributed by atoms with E-state index in [-0.39, 0.29) is 10.8 Å². The number of nitrogens with one attached hydrogen (secondary N) is 1. The highest BCUT2D eigenvalue weighted by Crippen LogP contribution is 2.25. The molecule has 1 aromatic rings. The van der Waals surface area contributed by atoms with Crippen LogP contribution in [0.1, 0.15) is 6.42 Å². The summed E-state index contributed by atoms with van der Waals surface area (Å²) < 4.78 is 26.2. The van der Waals surface area contributed by atoms with E-state index in [0.717, 1.165) is 11.3 Å². The first-order valence-corrected chi connectivity index (χ1v) is 6.81. The molecular formula is C7H11ClN2O3S2. The molecule has 8 heteroatoms. The second-order valence-electron chi connectivity index (χ2n) is 2.68. The Morgan fingerprint density at radius 3 is 2.80 bits per heavy atom. The third-order valence-corrected chi connectivity index (χ3v) is 4.73. The van der Waals surface area contributed by atoms with Crippen LogP contribution in [-0.4, -0.2) is 21.6 Å². The Labute approximate surface area is 97.2 Å². The minimum atomic E-state index is -3.43. The van der Waals surface area contributed by atoms with Crippen LogP contribution < -0.4 is 10.6 Å². The van der Waals surface area contributed by atoms with Crippen LogP contribution in [0.25, 0.3) is 0 Å². The third kappa shape index (κ3) is 4.06. The Balaban J connectivity index is 2.53. The first kappa shape index (κ1) is 12.9. The Morgan fingerprint density at radius 1 is 1.53 bits per heavy atom. The maximum absolute atomic E-state index is 11.6. The molecule has 15 heavy (non-hydrogen) atoms. The first-order chi connectivity index (χ1) is 7.06. The van der Waals surface area contributed by atoms with Crippen molar-refractivity contribution in [1.29, 1.82) is 0 Å². The van der Waals surface area contributed by atoms with Crippen molar-refractivity contribution < 1.29 is 13.3 Å². The van der Waals surface area contributed by atoms with Gasteiger partial charge in [-0.15, -0.1) is 11.3 Å². The molecule has 0 radical (unpaired) electrons. The van der Waals surface area contributed by atoms with Crippen LogP contribution in [0.15, 0.2) is 16.3 Å². The van der Waals surface area contributed by atoms with Crippen LogP contribution >= 0.6 is 22.9 Å². The Kier molecular flexibility index (Phi) is 4.97. The molecule has 1 rings (SSSR count). The Morgan fingerprint density at radius 2 is 2.27 bits per heavy atom. The molecule has 0 aromatic carbocycles. The predicted molar refractivity (Wildman–Crippen MR) is 59.3 cm³/mol. The molecule has 0 spiro atoms. The molecule has 86 valence electrons. The zero-order valence-electron chi connectivity index (χ0n) is 7.77. The highest BCUT2D eigenvalue weighted by atomic mass is 35.5. The SMILES string of the molecule is NOCCCNS(=O)(=O)c1ccc(Cl)s1. The quantitative estimate of drug-likeness (QED) is 0.596. The second-order valence-corrected chi connectivity index (χ2v) is 6.39. The summed E-state index contributed by atoms with van der Waals surface area (Å²) in [5, 5.41) is 0. The molecule has 0 aliphatic carbocycles. The van der Waals surface area contributed by atoms with Gasteiger partial charge in [-0.2, -0.15) is 0 Å². The number of sulfonamides is 1. The summed E-state index contributed by atoms with van der Waals surface area (Å²) in [6, 6.07) is 3.01. The standard InChI is InChI=1S/C7H11ClN2O3S2/c8-6-2-3-7(14-6)15(11,12)10-4-1-5-13-9/h2-3,10H,1,4-5,9H2. The van der Waals surface area contributed by atoms with Gasteiger partial charge in [-0.1, -0.05) is 11.6 Å². The summed E-state index contributed by atoms with van der Waals surface area (Å²) in [6.07, 6.45) is 0.523. The monoisotopic (exact) mass is 270 g/mol. The lowest BCUT2D eigenvalue weighted by molar-refractivity contribution is 0.136. The maximum Gasteiger partial charge on any atom is 0.250 e. The van der Waals surface area contributed by atoms with E-state index >= 15 is 0 Å². The fraction of sp³-hybridized carbons (Fsp3) is 0.429. The second kappa shape index (κ2) is 5.78. The van der Waals surface area contributed by atoms with E-state index in [4.69, 9.17) is 17.5 Å². The predicted octanol–water partition coefficient (Wildman–Crippen LogP) is 0.960. The third-order valence-electron chi connectivity index (χ3n) is 1.54. The molecule has 0 aliphatic rings. The highest BCUT2D eigenvalue weighted by molar-refractivity contribution is 7.91. The average Bonchev–Trinajstić information content (AvgIpc) is 2.60. The van der Waals surface area contributed by atoms with Crippen LogP contribution in [0.5, 0.6) is 0 Å². The zero-order chi connectivity index (χ0) is 11.3. The number of hydrogen-bond donors (Lipinski definition) is 2. The van der Waals surface area contributed by atoms with Crippen LogP contribution in [0.3, 0.4) is 0 Å². The highest BCUT2D eigenvalue weighted by Gasteiger charge is 2.15. The van der Waals surface area contributed by atoms with Crippen LogP contribution in [0, 0.1) is 0 Å². The number of hydrogen-bond acceptors (Lipinski definition) is 5. The van der Waals surface area contributed by atoms with E-state index in [0.29, 0.717) is 17.4 Å². The van der Waals surface area contributed by atoms with Gasteiger partial charge in [0.15, 0.2) is 0 Å². The summed E-state index contributed by atoms with van der Waals surface area (Å²) in [5.41, 5.74) is 0. The average molecular weight is 271 g/mol. The van der Waals surface area contributed by atoms with Gasteiger partial charge >= 0.3 is 0 Å². The van der Waals surface area contributed by atoms with E-state index in [1.54, 1.807) is 6.07 Å². The molecule has 0 unspecified atom stereocenters. The van der Waals surface area contributed by atoms with Crippen LogP contribution in [0.2, 0.25) is 4.34 Å². The molecule has 1 heterocycles. The number of thiophene rings is 1. The fourth-order valence-electron chi connectivity index (χ4n) is 0.875. The van der Waals surface area contributed by atoms with Gasteiger partial charge in [0.05, 0.1) is 10.9 Å². The normalized spacial score (nSPS) is 11.9. The summed E-state index contributed by atoms with van der Waals surface area (Å²) in [6.45, 7) is 0.600. The summed E-state index contributed by atoms with van der Waals surface area (Å²) in [5.74, 6) is 4.80. The lowest BCUT2D eigenvalue weighted by atomic mass is 10.5. The molecule has 0 fully saturated rings. The van der Waals surface area contributed by atoms with Crippen molar-refractivity contribution in [3.63, 3.8) is 0 Å². The lowest BCUT2D eigenvalue weighted by Gasteiger charge is -2.03. The van der Waals surface area contributed by atoms with Crippen LogP contribution in [0.4, 0.5) is 0 Å². The summed E-state index contributed by atoms with van der Waals surface area (Å²) >= 11 is 6.66. The van der Waals surface area contributed by atoms with Gasteiger partial charge in [-0.3, -0.25) is 0 Å². The molecule has 5 nitrogen and oxygen atoms in total. The van der Waals surface area contributed by atoms with Crippen molar-refractivity contribution in [2.75, 3.05) is 13.2 Å². The molecule has 0 atom stereocenters. The molecular weight excluding hydrogens is 260 g/mol. The van der Waals surface area contributed by atoms with E-state index in [9.17, 15) is 8.42 Å². The minimum absolute atomic E-state index is 0.209. The van der Waals surface area contributed by atoms with E-state index < -0.39 is 10.0 Å². The number of halogens is 1. The smallest absolute Gasteiger partial charge is 0.250 e. The summed E-state index contributed by atoms with van der Waals surface area (Å²) in [4.78, 5) is 4.31. The van der Waals surface area contributed by atoms with E-state index in [2.05, 4.69) is 9.56 Å². The maximum atomic E-state index is 11.6. The van der Waals surface area contributed by atoms with Gasteiger partial charge in [0.2, 0.25) is 10.0 Å². The number of nitrogens with two attached hydrogens (primary N) is 1. The molecule has 3 N–H and O–H groups in total. The van der Waals surface area contributed by atoms with Crippen molar-refractivity contribution in [1.82, 2.24) is 4.72 Å². The lowest BCUT2D eigenvalue weighted by Crippen LogP contribution is -2.25. The van der Waals surface area contributed by atoms with Gasteiger partial charge in [0.25, 0.3) is 0 Å². The van der Waals surface area contributed by atoms with Crippen molar-refractivity contribution in [2.24, 2.45) is 5.90 Å². The molecule has 0 aliphatic heterocycles. The minimum Gasteiger partial charge on any atom is -0.305 e. The first-order valence-electron chi connectivity index (χ1n) is 4.13. The Hall–Kier alpha value is -0.180. The van der Waals surface area contributed by atoms with E-state index in [1.807, 2.05) is 0 Å². The van der Waals surface area contributed by atoms with E-state index in [1.165, 1.54) is 6.07 Å². The topological polar surface area (TPSA) is 81.4 Å². The molecule has 1 aromatic heterocycles. The van der Waals surface area contributed by atoms with Crippen molar-refractivity contribution in [2.45, 2.75) is 10.6 Å². The van der Waals surface area contributed by atoms with Gasteiger partial charge in [0.1, 0.15) is 4.21 Å². The Bertz CT molecular complexity index is 404. The van der Waals surface area contributed by atoms with Gasteiger partial charge in [-0.05, 0) is 18.6 Å². The summed E-state index contributed by atoms with van der Waals surface area (Å²) in [7, 11) is -3.43. The largest absolute Gasteiger partial charge is 0.305 e. The van der Waals surface area contributed by atoms with Crippen molar-refractivity contribution >= 4 is 33.0 Å². The molecule has 0 amide bonds. The van der Waals surface area contributed by atoms with Gasteiger partial charge in [-0.25, -0.2) is 19.0 Å².